The summed E-state index contributed by atoms with van der Waals surface area (Å²) in [4.78, 5) is 20.2. The van der Waals surface area contributed by atoms with Crippen molar-refractivity contribution in [3.63, 3.8) is 0 Å². The van der Waals surface area contributed by atoms with Crippen molar-refractivity contribution in [1.82, 2.24) is 15.3 Å². The molecule has 0 unspecified atom stereocenters. The van der Waals surface area contributed by atoms with Crippen LogP contribution in [-0.4, -0.2) is 15.9 Å². The van der Waals surface area contributed by atoms with Gasteiger partial charge in [0, 0.05) is 11.9 Å². The minimum Gasteiger partial charge on any atom is -0.384 e. The minimum absolute atomic E-state index is 0.135. The molecule has 0 spiro atoms. The number of carbonyl (C=O) groups excluding carboxylic acids is 1. The van der Waals surface area contributed by atoms with Crippen LogP contribution in [0.5, 0.6) is 0 Å². The van der Waals surface area contributed by atoms with Crippen LogP contribution in [-0.2, 0) is 0 Å². The van der Waals surface area contributed by atoms with Crippen LogP contribution in [0.4, 0.5) is 5.82 Å². The summed E-state index contributed by atoms with van der Waals surface area (Å²) < 4.78 is 0. The molecule has 0 saturated carbocycles. The second-order valence-electron chi connectivity index (χ2n) is 4.38. The Balaban J connectivity index is 2.08. The maximum absolute atomic E-state index is 12.0. The van der Waals surface area contributed by atoms with Crippen molar-refractivity contribution >= 4 is 11.7 Å². The SMILES string of the molecule is Cc1ccc([C@@H](C)NC(=O)c2cccc(N)n2)cn1. The average Bonchev–Trinajstić information content (AvgIpc) is 2.39. The first kappa shape index (κ1) is 13.0. The topological polar surface area (TPSA) is 80.9 Å². The van der Waals surface area contributed by atoms with Gasteiger partial charge in [-0.25, -0.2) is 4.98 Å². The molecular formula is C14H16N4O. The number of carbonyl (C=O) groups is 1. The molecule has 0 aromatic carbocycles. The van der Waals surface area contributed by atoms with Gasteiger partial charge >= 0.3 is 0 Å². The predicted molar refractivity (Wildman–Crippen MR) is 73.5 cm³/mol. The highest BCUT2D eigenvalue weighted by Crippen LogP contribution is 2.12. The molecule has 0 saturated heterocycles. The van der Waals surface area contributed by atoms with E-state index in [0.29, 0.717) is 11.5 Å². The molecule has 2 rings (SSSR count). The van der Waals surface area contributed by atoms with Gasteiger partial charge < -0.3 is 11.1 Å². The van der Waals surface area contributed by atoms with Crippen molar-refractivity contribution in [2.45, 2.75) is 19.9 Å². The van der Waals surface area contributed by atoms with Crippen LogP contribution in [0.3, 0.4) is 0 Å². The summed E-state index contributed by atoms with van der Waals surface area (Å²) in [5.74, 6) is 0.0812. The third-order valence-electron chi connectivity index (χ3n) is 2.79. The van der Waals surface area contributed by atoms with E-state index in [1.165, 1.54) is 0 Å². The van der Waals surface area contributed by atoms with Crippen molar-refractivity contribution in [3.8, 4) is 0 Å². The molecular weight excluding hydrogens is 240 g/mol. The van der Waals surface area contributed by atoms with Crippen molar-refractivity contribution in [2.24, 2.45) is 0 Å². The Morgan fingerprint density at radius 3 is 2.74 bits per heavy atom. The Hall–Kier alpha value is -2.43. The van der Waals surface area contributed by atoms with Gasteiger partial charge in [0.25, 0.3) is 5.91 Å². The normalized spacial score (nSPS) is 11.9. The first-order valence-corrected chi connectivity index (χ1v) is 6.02. The van der Waals surface area contributed by atoms with Gasteiger partial charge in [-0.2, -0.15) is 0 Å². The lowest BCUT2D eigenvalue weighted by molar-refractivity contribution is 0.0935. The van der Waals surface area contributed by atoms with E-state index in [9.17, 15) is 4.79 Å². The standard InChI is InChI=1S/C14H16N4O/c1-9-6-7-11(8-16-9)10(2)17-14(19)12-4-3-5-13(15)18-12/h3-8,10H,1-2H3,(H2,15,18)(H,17,19)/t10-/m1/s1. The summed E-state index contributed by atoms with van der Waals surface area (Å²) in [6.45, 7) is 3.82. The first-order chi connectivity index (χ1) is 9.06. The van der Waals surface area contributed by atoms with E-state index in [1.807, 2.05) is 26.0 Å². The van der Waals surface area contributed by atoms with Crippen LogP contribution >= 0.6 is 0 Å². The highest BCUT2D eigenvalue weighted by atomic mass is 16.1. The molecule has 0 radical (unpaired) electrons. The molecule has 0 bridgehead atoms. The Bertz CT molecular complexity index is 580. The summed E-state index contributed by atoms with van der Waals surface area (Å²) in [6, 6.07) is 8.70. The Kier molecular flexibility index (Phi) is 3.75. The number of nitrogens with two attached hydrogens (primary N) is 1. The van der Waals surface area contributed by atoms with E-state index in [0.717, 1.165) is 11.3 Å². The number of pyridine rings is 2. The molecule has 0 aliphatic carbocycles. The summed E-state index contributed by atoms with van der Waals surface area (Å²) in [5, 5.41) is 2.86. The number of aromatic nitrogens is 2. The van der Waals surface area contributed by atoms with Crippen LogP contribution in [0, 0.1) is 6.92 Å². The van der Waals surface area contributed by atoms with Gasteiger partial charge in [-0.05, 0) is 37.6 Å². The van der Waals surface area contributed by atoms with Crippen molar-refractivity contribution in [2.75, 3.05) is 5.73 Å². The number of aryl methyl sites for hydroxylation is 1. The lowest BCUT2D eigenvalue weighted by Crippen LogP contribution is -2.27. The predicted octanol–water partition coefficient (Wildman–Crippen LogP) is 1.86. The number of nitrogen functional groups attached to an aromatic ring is 1. The summed E-state index contributed by atoms with van der Waals surface area (Å²) in [5.41, 5.74) is 7.76. The van der Waals surface area contributed by atoms with Crippen LogP contribution in [0.25, 0.3) is 0 Å². The van der Waals surface area contributed by atoms with Gasteiger partial charge in [0.2, 0.25) is 0 Å². The molecule has 98 valence electrons. The van der Waals surface area contributed by atoms with Gasteiger partial charge in [-0.3, -0.25) is 9.78 Å². The Labute approximate surface area is 111 Å². The number of anilines is 1. The van der Waals surface area contributed by atoms with Crippen LogP contribution in [0.1, 0.15) is 34.7 Å². The third-order valence-corrected chi connectivity index (χ3v) is 2.79. The smallest absolute Gasteiger partial charge is 0.270 e. The third kappa shape index (κ3) is 3.28. The molecule has 1 amide bonds. The zero-order chi connectivity index (χ0) is 13.8. The van der Waals surface area contributed by atoms with Gasteiger partial charge in [-0.15, -0.1) is 0 Å². The fraction of sp³-hybridized carbons (Fsp3) is 0.214. The summed E-state index contributed by atoms with van der Waals surface area (Å²) in [6.07, 6.45) is 1.76. The van der Waals surface area contributed by atoms with Gasteiger partial charge in [-0.1, -0.05) is 12.1 Å². The minimum atomic E-state index is -0.250. The summed E-state index contributed by atoms with van der Waals surface area (Å²) >= 11 is 0. The quantitative estimate of drug-likeness (QED) is 0.878. The lowest BCUT2D eigenvalue weighted by Gasteiger charge is -2.13. The molecule has 0 aliphatic rings. The van der Waals surface area contributed by atoms with Crippen LogP contribution < -0.4 is 11.1 Å². The maximum atomic E-state index is 12.0. The number of rotatable bonds is 3. The van der Waals surface area contributed by atoms with Crippen LogP contribution in [0.2, 0.25) is 0 Å². The van der Waals surface area contributed by atoms with E-state index in [2.05, 4.69) is 15.3 Å². The molecule has 5 nitrogen and oxygen atoms in total. The van der Waals surface area contributed by atoms with Crippen molar-refractivity contribution in [3.05, 3.63) is 53.5 Å². The molecule has 19 heavy (non-hydrogen) atoms. The molecule has 2 aromatic rings. The fourth-order valence-corrected chi connectivity index (χ4v) is 1.67. The molecule has 0 fully saturated rings. The first-order valence-electron chi connectivity index (χ1n) is 6.02. The lowest BCUT2D eigenvalue weighted by atomic mass is 10.1. The van der Waals surface area contributed by atoms with E-state index in [4.69, 9.17) is 5.73 Å². The van der Waals surface area contributed by atoms with Crippen molar-refractivity contribution < 1.29 is 4.79 Å². The van der Waals surface area contributed by atoms with E-state index in [-0.39, 0.29) is 11.9 Å². The second kappa shape index (κ2) is 5.48. The maximum Gasteiger partial charge on any atom is 0.270 e. The number of hydrogen-bond acceptors (Lipinski definition) is 4. The highest BCUT2D eigenvalue weighted by molar-refractivity contribution is 5.92. The molecule has 1 atom stereocenters. The van der Waals surface area contributed by atoms with Gasteiger partial charge in [0.1, 0.15) is 11.5 Å². The van der Waals surface area contributed by atoms with Gasteiger partial charge in [0.15, 0.2) is 0 Å². The number of hydrogen-bond donors (Lipinski definition) is 2. The van der Waals surface area contributed by atoms with E-state index in [1.54, 1.807) is 24.4 Å². The van der Waals surface area contributed by atoms with Crippen LogP contribution in [0.15, 0.2) is 36.5 Å². The second-order valence-corrected chi connectivity index (χ2v) is 4.38. The molecule has 2 aromatic heterocycles. The summed E-state index contributed by atoms with van der Waals surface area (Å²) in [7, 11) is 0. The van der Waals surface area contributed by atoms with Gasteiger partial charge in [0.05, 0.1) is 6.04 Å². The molecule has 0 aliphatic heterocycles. The molecule has 5 heteroatoms. The van der Waals surface area contributed by atoms with E-state index < -0.39 is 0 Å². The number of amides is 1. The van der Waals surface area contributed by atoms with E-state index >= 15 is 0 Å². The largest absolute Gasteiger partial charge is 0.384 e. The Morgan fingerprint density at radius 2 is 2.11 bits per heavy atom. The molecule has 2 heterocycles. The van der Waals surface area contributed by atoms with Crippen molar-refractivity contribution in [1.29, 1.82) is 0 Å². The highest BCUT2D eigenvalue weighted by Gasteiger charge is 2.12. The monoisotopic (exact) mass is 256 g/mol. The zero-order valence-electron chi connectivity index (χ0n) is 10.9. The number of nitrogens with one attached hydrogen (secondary N) is 1. The Morgan fingerprint density at radius 1 is 1.32 bits per heavy atom. The average molecular weight is 256 g/mol. The fourth-order valence-electron chi connectivity index (χ4n) is 1.67. The zero-order valence-corrected chi connectivity index (χ0v) is 10.9. The number of nitrogens with zero attached hydrogens (tertiary/aromatic N) is 2. The molecule has 3 N–H and O–H groups in total.